The number of nitrogens with zero attached hydrogens (tertiary/aromatic N) is 2. The Morgan fingerprint density at radius 1 is 1.00 bits per heavy atom. The van der Waals surface area contributed by atoms with Crippen LogP contribution in [0.25, 0.3) is 0 Å². The van der Waals surface area contributed by atoms with E-state index in [0.717, 1.165) is 30.5 Å². The van der Waals surface area contributed by atoms with Crippen LogP contribution in [-0.4, -0.2) is 37.1 Å². The number of methoxy groups -OCH3 is 1. The minimum absolute atomic E-state index is 0.169. The lowest BCUT2D eigenvalue weighted by Crippen LogP contribution is -2.41. The van der Waals surface area contributed by atoms with E-state index in [1.165, 1.54) is 24.1 Å². The highest BCUT2D eigenvalue weighted by atomic mass is 19.4. The van der Waals surface area contributed by atoms with Gasteiger partial charge in [-0.2, -0.15) is 13.2 Å². The number of urea groups is 1. The van der Waals surface area contributed by atoms with Crippen molar-refractivity contribution in [3.8, 4) is 0 Å². The fourth-order valence-electron chi connectivity index (χ4n) is 3.23. The van der Waals surface area contributed by atoms with Crippen molar-refractivity contribution in [3.05, 3.63) is 65.2 Å². The summed E-state index contributed by atoms with van der Waals surface area (Å²) in [6.45, 7) is 1.41. The number of rotatable bonds is 4. The highest BCUT2D eigenvalue weighted by Gasteiger charge is 2.31. The van der Waals surface area contributed by atoms with Gasteiger partial charge in [-0.25, -0.2) is 9.59 Å². The fourth-order valence-corrected chi connectivity index (χ4v) is 3.23. The number of hydrogen-bond acceptors (Lipinski definition) is 3. The number of anilines is 1. The van der Waals surface area contributed by atoms with Gasteiger partial charge in [0.25, 0.3) is 0 Å². The van der Waals surface area contributed by atoms with Gasteiger partial charge < -0.3 is 9.64 Å². The number of alkyl halides is 3. The van der Waals surface area contributed by atoms with Crippen molar-refractivity contribution < 1.29 is 27.5 Å². The van der Waals surface area contributed by atoms with Crippen LogP contribution in [0, 0.1) is 0 Å². The molecule has 0 spiro atoms. The molecular formula is C21H21F3N2O3. The molecule has 1 heterocycles. The molecule has 5 nitrogen and oxygen atoms in total. The number of hydrogen-bond donors (Lipinski definition) is 0. The van der Waals surface area contributed by atoms with Crippen LogP contribution >= 0.6 is 0 Å². The Balaban J connectivity index is 1.87. The summed E-state index contributed by atoms with van der Waals surface area (Å²) in [5, 5.41) is 0. The van der Waals surface area contributed by atoms with E-state index in [1.807, 2.05) is 0 Å². The third-order valence-corrected chi connectivity index (χ3v) is 4.83. The molecule has 0 aliphatic carbocycles. The molecule has 29 heavy (non-hydrogen) atoms. The van der Waals surface area contributed by atoms with Gasteiger partial charge in [0.2, 0.25) is 0 Å². The van der Waals surface area contributed by atoms with Crippen molar-refractivity contribution in [3.63, 3.8) is 0 Å². The minimum Gasteiger partial charge on any atom is -0.465 e. The first kappa shape index (κ1) is 20.7. The molecule has 0 N–H and O–H groups in total. The maximum absolute atomic E-state index is 13.0. The van der Waals surface area contributed by atoms with Crippen LogP contribution in [0.1, 0.15) is 34.3 Å². The zero-order valence-electron chi connectivity index (χ0n) is 15.9. The number of likely N-dealkylation sites (tertiary alicyclic amines) is 1. The molecule has 0 unspecified atom stereocenters. The predicted octanol–water partition coefficient (Wildman–Crippen LogP) is 4.71. The molecule has 1 fully saturated rings. The van der Waals surface area contributed by atoms with Gasteiger partial charge in [-0.1, -0.05) is 12.1 Å². The fraction of sp³-hybridized carbons (Fsp3) is 0.333. The number of esters is 1. The molecule has 0 bridgehead atoms. The summed E-state index contributed by atoms with van der Waals surface area (Å²) in [5.41, 5.74) is 0.734. The molecule has 2 aromatic carbocycles. The van der Waals surface area contributed by atoms with E-state index in [0.29, 0.717) is 24.3 Å². The minimum atomic E-state index is -4.44. The largest absolute Gasteiger partial charge is 0.465 e. The summed E-state index contributed by atoms with van der Waals surface area (Å²) in [4.78, 5) is 27.7. The summed E-state index contributed by atoms with van der Waals surface area (Å²) in [7, 11) is 1.29. The Kier molecular flexibility index (Phi) is 6.10. The third kappa shape index (κ3) is 4.88. The summed E-state index contributed by atoms with van der Waals surface area (Å²) in [6.07, 6.45) is -2.63. The average molecular weight is 406 g/mol. The lowest BCUT2D eigenvalue weighted by molar-refractivity contribution is -0.137. The second kappa shape index (κ2) is 8.55. The Morgan fingerprint density at radius 2 is 1.59 bits per heavy atom. The molecule has 0 aromatic heterocycles. The second-order valence-electron chi connectivity index (χ2n) is 6.80. The summed E-state index contributed by atoms with van der Waals surface area (Å²) < 4.78 is 43.3. The number of carbonyl (C=O) groups is 2. The van der Waals surface area contributed by atoms with Crippen LogP contribution in [0.5, 0.6) is 0 Å². The van der Waals surface area contributed by atoms with Crippen molar-refractivity contribution in [1.29, 1.82) is 0 Å². The van der Waals surface area contributed by atoms with E-state index >= 15 is 0 Å². The van der Waals surface area contributed by atoms with Gasteiger partial charge in [0.1, 0.15) is 0 Å². The standard InChI is InChI=1S/C21H21F3N2O3/c1-29-19(27)16-6-4-15(5-7-16)14-26(20(28)25-12-2-3-13-25)18-10-8-17(9-11-18)21(22,23)24/h4-11H,2-3,12-14H2,1H3. The molecule has 2 aromatic rings. The van der Waals surface area contributed by atoms with Crippen LogP contribution in [0.2, 0.25) is 0 Å². The zero-order chi connectivity index (χ0) is 21.0. The number of halogens is 3. The Morgan fingerprint density at radius 3 is 2.10 bits per heavy atom. The number of amides is 2. The molecule has 154 valence electrons. The van der Waals surface area contributed by atoms with E-state index in [9.17, 15) is 22.8 Å². The summed E-state index contributed by atoms with van der Waals surface area (Å²) in [6, 6.07) is 10.9. The van der Waals surface area contributed by atoms with Crippen LogP contribution in [-0.2, 0) is 17.5 Å². The first-order valence-electron chi connectivity index (χ1n) is 9.20. The van der Waals surface area contributed by atoms with Crippen molar-refractivity contribution >= 4 is 17.7 Å². The molecule has 1 aliphatic heterocycles. The van der Waals surface area contributed by atoms with Crippen LogP contribution in [0.3, 0.4) is 0 Å². The SMILES string of the molecule is COC(=O)c1ccc(CN(C(=O)N2CCCC2)c2ccc(C(F)(F)F)cc2)cc1. The van der Waals surface area contributed by atoms with E-state index in [4.69, 9.17) is 0 Å². The molecule has 0 saturated carbocycles. The molecule has 1 saturated heterocycles. The Bertz CT molecular complexity index is 858. The summed E-state index contributed by atoms with van der Waals surface area (Å²) >= 11 is 0. The smallest absolute Gasteiger partial charge is 0.416 e. The van der Waals surface area contributed by atoms with Gasteiger partial charge in [-0.05, 0) is 54.8 Å². The number of ether oxygens (including phenoxy) is 1. The maximum Gasteiger partial charge on any atom is 0.416 e. The first-order chi connectivity index (χ1) is 13.8. The van der Waals surface area contributed by atoms with Gasteiger partial charge in [-0.15, -0.1) is 0 Å². The van der Waals surface area contributed by atoms with Crippen LogP contribution in [0.4, 0.5) is 23.7 Å². The van der Waals surface area contributed by atoms with Gasteiger partial charge in [-0.3, -0.25) is 4.90 Å². The second-order valence-corrected chi connectivity index (χ2v) is 6.80. The quantitative estimate of drug-likeness (QED) is 0.691. The average Bonchev–Trinajstić information content (AvgIpc) is 3.26. The lowest BCUT2D eigenvalue weighted by Gasteiger charge is -2.28. The Labute approximate surface area is 166 Å². The van der Waals surface area contributed by atoms with E-state index < -0.39 is 17.7 Å². The van der Waals surface area contributed by atoms with Crippen molar-refractivity contribution in [1.82, 2.24) is 4.90 Å². The third-order valence-electron chi connectivity index (χ3n) is 4.83. The zero-order valence-corrected chi connectivity index (χ0v) is 15.9. The van der Waals surface area contributed by atoms with E-state index in [-0.39, 0.29) is 12.6 Å². The predicted molar refractivity (Wildman–Crippen MR) is 102 cm³/mol. The highest BCUT2D eigenvalue weighted by molar-refractivity contribution is 5.92. The van der Waals surface area contributed by atoms with Crippen LogP contribution < -0.4 is 4.90 Å². The van der Waals surface area contributed by atoms with Crippen molar-refractivity contribution in [2.24, 2.45) is 0 Å². The molecule has 8 heteroatoms. The van der Waals surface area contributed by atoms with Crippen molar-refractivity contribution in [2.75, 3.05) is 25.1 Å². The van der Waals surface area contributed by atoms with E-state index in [2.05, 4.69) is 4.74 Å². The number of benzene rings is 2. The van der Waals surface area contributed by atoms with Gasteiger partial charge in [0, 0.05) is 18.8 Å². The van der Waals surface area contributed by atoms with Gasteiger partial charge >= 0.3 is 18.2 Å². The van der Waals surface area contributed by atoms with Gasteiger partial charge in [0.05, 0.1) is 24.8 Å². The monoisotopic (exact) mass is 406 g/mol. The molecule has 0 radical (unpaired) electrons. The molecule has 3 rings (SSSR count). The molecule has 2 amide bonds. The molecular weight excluding hydrogens is 385 g/mol. The topological polar surface area (TPSA) is 49.9 Å². The Hall–Kier alpha value is -3.03. The van der Waals surface area contributed by atoms with E-state index in [1.54, 1.807) is 29.2 Å². The summed E-state index contributed by atoms with van der Waals surface area (Å²) in [5.74, 6) is -0.468. The number of carbonyl (C=O) groups excluding carboxylic acids is 2. The normalized spacial score (nSPS) is 14.0. The molecule has 0 atom stereocenters. The lowest BCUT2D eigenvalue weighted by atomic mass is 10.1. The molecule has 1 aliphatic rings. The van der Waals surface area contributed by atoms with Crippen LogP contribution in [0.15, 0.2) is 48.5 Å². The van der Waals surface area contributed by atoms with Gasteiger partial charge in [0.15, 0.2) is 0 Å². The maximum atomic E-state index is 13.0. The highest BCUT2D eigenvalue weighted by Crippen LogP contribution is 2.31. The van der Waals surface area contributed by atoms with Crippen molar-refractivity contribution in [2.45, 2.75) is 25.6 Å². The first-order valence-corrected chi connectivity index (χ1v) is 9.20.